The van der Waals surface area contributed by atoms with Gasteiger partial charge in [-0.15, -0.1) is 0 Å². The predicted molar refractivity (Wildman–Crippen MR) is 3.61 cm³/mol. The van der Waals surface area contributed by atoms with Crippen molar-refractivity contribution < 1.29 is 60.1 Å². The average Bonchev–Trinajstić information content (AvgIpc) is 0. The zero-order valence-corrected chi connectivity index (χ0v) is 5.58. The Bertz CT molecular complexity index is 6.85. The van der Waals surface area contributed by atoms with Crippen LogP contribution in [0.15, 0.2) is 0 Å². The molecule has 0 bridgehead atoms. The minimum absolute atomic E-state index is 0. The fourth-order valence-corrected chi connectivity index (χ4v) is 0. The molecule has 0 amide bonds. The second-order valence-electron chi connectivity index (χ2n) is 0. The van der Waals surface area contributed by atoms with Gasteiger partial charge in [-0.2, -0.15) is 0 Å². The summed E-state index contributed by atoms with van der Waals surface area (Å²) in [7, 11) is 0. The molecule has 0 heterocycles. The van der Waals surface area contributed by atoms with Gasteiger partial charge in [-0.25, -0.2) is 0 Å². The van der Waals surface area contributed by atoms with Gasteiger partial charge in [0.2, 0.25) is 0 Å². The van der Waals surface area contributed by atoms with Crippen molar-refractivity contribution in [2.75, 3.05) is 0 Å². The van der Waals surface area contributed by atoms with E-state index in [0.29, 0.717) is 0 Å². The number of hydrogen-bond donors (Lipinski definition) is 0. The van der Waals surface area contributed by atoms with Gasteiger partial charge in [-0.05, 0) is 0 Å². The van der Waals surface area contributed by atoms with E-state index in [2.05, 4.69) is 0 Å². The first kappa shape index (κ1) is 98.6. The Morgan fingerprint density at radius 1 is 0.600 bits per heavy atom. The van der Waals surface area contributed by atoms with Crippen molar-refractivity contribution in [1.29, 1.82) is 0 Å². The topological polar surface area (TPSA) is 31.5 Å². The molecule has 0 saturated heterocycles. The predicted octanol–water partition coefficient (Wildman–Crippen LogP) is -9.82. The Labute approximate surface area is 60.2 Å². The first-order valence-corrected chi connectivity index (χ1v) is 0. The van der Waals surface area contributed by atoms with Crippen LogP contribution < -0.4 is 37.2 Å². The Balaban J connectivity index is 0. The summed E-state index contributed by atoms with van der Waals surface area (Å²) in [5, 5.41) is 0. The molecule has 0 radical (unpaired) electrons. The average molecular weight is 176 g/mol. The summed E-state index contributed by atoms with van der Waals surface area (Å²) in [5.41, 5.74) is 0. The molecule has 0 aliphatic carbocycles. The first-order valence-electron chi connectivity index (χ1n) is 0. The number of halogens is 3. The Hall–Kier alpha value is 1.36. The Morgan fingerprint density at radius 3 is 0.600 bits per heavy atom. The van der Waals surface area contributed by atoms with Crippen molar-refractivity contribution in [3.05, 3.63) is 0 Å². The summed E-state index contributed by atoms with van der Waals surface area (Å²) in [6, 6.07) is 0. The Morgan fingerprint density at radius 2 is 0.600 bits per heavy atom. The molecule has 1 nitrogen and oxygen atoms in total. The molecule has 0 saturated carbocycles. The molecular formula is H2Cl3CrO-3. The normalized spacial score (nSPS) is 0. The van der Waals surface area contributed by atoms with Crippen LogP contribution in [0.5, 0.6) is 0 Å². The SMILES string of the molecule is O.[Cl-].[Cl-].[Cl-].[Cr]. The van der Waals surface area contributed by atoms with Crippen molar-refractivity contribution in [3.8, 4) is 0 Å². The molecule has 0 aliphatic rings. The zero-order chi connectivity index (χ0) is 0. The van der Waals surface area contributed by atoms with Crippen LogP contribution in [0.25, 0.3) is 0 Å². The van der Waals surface area contributed by atoms with Gasteiger partial charge < -0.3 is 42.7 Å². The van der Waals surface area contributed by atoms with Crippen LogP contribution in [0.2, 0.25) is 0 Å². The third-order valence-corrected chi connectivity index (χ3v) is 0. The van der Waals surface area contributed by atoms with Gasteiger partial charge in [0.25, 0.3) is 0 Å². The maximum Gasteiger partial charge on any atom is 0 e. The second kappa shape index (κ2) is 55.0. The fraction of sp³-hybridized carbons (Fsp3) is 0. The first-order chi connectivity index (χ1) is 0. The van der Waals surface area contributed by atoms with Crippen molar-refractivity contribution in [2.24, 2.45) is 0 Å². The monoisotopic (exact) mass is 175 g/mol. The summed E-state index contributed by atoms with van der Waals surface area (Å²) in [4.78, 5) is 0. The van der Waals surface area contributed by atoms with Crippen LogP contribution in [0, 0.1) is 0 Å². The molecule has 0 aromatic rings. The van der Waals surface area contributed by atoms with Crippen molar-refractivity contribution in [1.82, 2.24) is 0 Å². The van der Waals surface area contributed by atoms with Gasteiger partial charge in [-0.1, -0.05) is 0 Å². The van der Waals surface area contributed by atoms with E-state index in [1.165, 1.54) is 0 Å². The van der Waals surface area contributed by atoms with E-state index in [1.54, 1.807) is 0 Å². The minimum Gasteiger partial charge on any atom is -1.00 e. The van der Waals surface area contributed by atoms with Crippen molar-refractivity contribution in [2.45, 2.75) is 0 Å². The molecule has 0 spiro atoms. The maximum absolute atomic E-state index is 0. The molecule has 2 N–H and O–H groups in total. The van der Waals surface area contributed by atoms with Gasteiger partial charge in [-0.3, -0.25) is 0 Å². The number of hydrogen-bond acceptors (Lipinski definition) is 0. The maximum atomic E-state index is 0. The van der Waals surface area contributed by atoms with Crippen LogP contribution in [0.1, 0.15) is 0 Å². The van der Waals surface area contributed by atoms with Crippen LogP contribution in [-0.2, 0) is 17.4 Å². The fourth-order valence-electron chi connectivity index (χ4n) is 0. The van der Waals surface area contributed by atoms with E-state index in [1.807, 2.05) is 0 Å². The third kappa shape index (κ3) is 32.7. The minimum atomic E-state index is 0. The van der Waals surface area contributed by atoms with Crippen molar-refractivity contribution >= 4 is 0 Å². The van der Waals surface area contributed by atoms with E-state index >= 15 is 0 Å². The zero-order valence-electron chi connectivity index (χ0n) is 2.04. The van der Waals surface area contributed by atoms with Gasteiger partial charge in [0.1, 0.15) is 0 Å². The van der Waals surface area contributed by atoms with Crippen LogP contribution in [-0.4, -0.2) is 5.48 Å². The summed E-state index contributed by atoms with van der Waals surface area (Å²) in [6.07, 6.45) is 0. The van der Waals surface area contributed by atoms with E-state index in [9.17, 15) is 0 Å². The molecule has 0 aromatic heterocycles. The van der Waals surface area contributed by atoms with Gasteiger partial charge >= 0.3 is 0 Å². The summed E-state index contributed by atoms with van der Waals surface area (Å²) >= 11 is 0. The molecule has 0 atom stereocenters. The molecule has 5 heteroatoms. The molecule has 38 valence electrons. The third-order valence-electron chi connectivity index (χ3n) is 0. The summed E-state index contributed by atoms with van der Waals surface area (Å²) < 4.78 is 0. The van der Waals surface area contributed by atoms with Crippen LogP contribution >= 0.6 is 0 Å². The summed E-state index contributed by atoms with van der Waals surface area (Å²) in [6.45, 7) is 0. The Kier molecular flexibility index (Phi) is 1080. The summed E-state index contributed by atoms with van der Waals surface area (Å²) in [5.74, 6) is 0. The largest absolute Gasteiger partial charge is 1.00 e. The number of rotatable bonds is 0. The molecule has 0 aliphatic heterocycles. The standard InChI is InChI=1S/3ClH.Cr.H2O/h3*1H;;1H2/p-3. The van der Waals surface area contributed by atoms with Crippen LogP contribution in [0.4, 0.5) is 0 Å². The van der Waals surface area contributed by atoms with E-state index in [4.69, 9.17) is 0 Å². The molecular weight excluding hydrogens is 174 g/mol. The molecule has 0 aromatic carbocycles. The molecule has 0 unspecified atom stereocenters. The van der Waals surface area contributed by atoms with Gasteiger partial charge in [0.05, 0.1) is 0 Å². The van der Waals surface area contributed by atoms with Crippen LogP contribution in [0.3, 0.4) is 0 Å². The van der Waals surface area contributed by atoms with E-state index < -0.39 is 0 Å². The quantitative estimate of drug-likeness (QED) is 0.351. The second-order valence-corrected chi connectivity index (χ2v) is 0. The molecule has 5 heavy (non-hydrogen) atoms. The van der Waals surface area contributed by atoms with Gasteiger partial charge in [0, 0.05) is 17.4 Å². The smallest absolute Gasteiger partial charge is 0 e. The molecule has 0 rings (SSSR count). The van der Waals surface area contributed by atoms with Gasteiger partial charge in [0.15, 0.2) is 0 Å². The van der Waals surface area contributed by atoms with E-state index in [-0.39, 0.29) is 60.1 Å². The molecule has 0 fully saturated rings. The van der Waals surface area contributed by atoms with E-state index in [0.717, 1.165) is 0 Å². The van der Waals surface area contributed by atoms with Crippen molar-refractivity contribution in [3.63, 3.8) is 0 Å².